The van der Waals surface area contributed by atoms with Crippen LogP contribution >= 0.6 is 0 Å². The summed E-state index contributed by atoms with van der Waals surface area (Å²) in [7, 11) is 1.66. The second kappa shape index (κ2) is 10.0. The van der Waals surface area contributed by atoms with Crippen LogP contribution in [0.1, 0.15) is 70.0 Å². The van der Waals surface area contributed by atoms with Gasteiger partial charge in [0, 0.05) is 17.9 Å². The number of fused-ring (bicyclic) bond motifs is 1. The molecule has 1 aliphatic rings. The summed E-state index contributed by atoms with van der Waals surface area (Å²) in [6.07, 6.45) is 8.34. The molecule has 3 aromatic rings. The molecule has 0 amide bonds. The van der Waals surface area contributed by atoms with Crippen LogP contribution in [0.4, 0.5) is 0 Å². The standard InChI is InChI=1S/C25H30N2O5/c1-16(7-3-6-10-20(28)29)31-24-22-21(17-11-13-19(30-2)14-12-17)23(18-8-4-5-9-18)32-25(22)27-15-26-24/h11-16,18H,3-10H2,1-2H3,(H,28,29). The Hall–Kier alpha value is -3.09. The van der Waals surface area contributed by atoms with Crippen molar-refractivity contribution >= 4 is 17.1 Å². The molecule has 1 atom stereocenters. The van der Waals surface area contributed by atoms with Gasteiger partial charge in [-0.05, 0) is 56.7 Å². The number of furan rings is 1. The minimum Gasteiger partial charge on any atom is -0.497 e. The largest absolute Gasteiger partial charge is 0.497 e. The second-order valence-electron chi connectivity index (χ2n) is 8.48. The van der Waals surface area contributed by atoms with E-state index in [2.05, 4.69) is 9.97 Å². The molecule has 7 heteroatoms. The number of carbonyl (C=O) groups is 1. The van der Waals surface area contributed by atoms with E-state index in [0.29, 0.717) is 23.9 Å². The van der Waals surface area contributed by atoms with Crippen molar-refractivity contribution in [3.05, 3.63) is 36.4 Å². The topological polar surface area (TPSA) is 94.7 Å². The predicted octanol–water partition coefficient (Wildman–Crippen LogP) is 5.97. The van der Waals surface area contributed by atoms with Crippen LogP contribution in [0, 0.1) is 0 Å². The van der Waals surface area contributed by atoms with E-state index in [-0.39, 0.29) is 12.5 Å². The Morgan fingerprint density at radius 3 is 2.62 bits per heavy atom. The van der Waals surface area contributed by atoms with Crippen molar-refractivity contribution in [2.24, 2.45) is 0 Å². The summed E-state index contributed by atoms with van der Waals surface area (Å²) in [5, 5.41) is 9.63. The third-order valence-electron chi connectivity index (χ3n) is 6.15. The summed E-state index contributed by atoms with van der Waals surface area (Å²) >= 11 is 0. The molecule has 1 saturated carbocycles. The molecule has 2 aromatic heterocycles. The van der Waals surface area contributed by atoms with Gasteiger partial charge in [0.25, 0.3) is 0 Å². The van der Waals surface area contributed by atoms with Gasteiger partial charge in [-0.3, -0.25) is 4.79 Å². The minimum absolute atomic E-state index is 0.101. The molecule has 0 aliphatic heterocycles. The lowest BCUT2D eigenvalue weighted by molar-refractivity contribution is -0.137. The van der Waals surface area contributed by atoms with Crippen LogP contribution in [0.3, 0.4) is 0 Å². The Labute approximate surface area is 187 Å². The van der Waals surface area contributed by atoms with E-state index in [1.807, 2.05) is 31.2 Å². The maximum Gasteiger partial charge on any atom is 0.303 e. The zero-order valence-corrected chi connectivity index (χ0v) is 18.7. The van der Waals surface area contributed by atoms with Gasteiger partial charge >= 0.3 is 5.97 Å². The first-order valence-electron chi connectivity index (χ1n) is 11.4. The highest BCUT2D eigenvalue weighted by atomic mass is 16.5. The number of ether oxygens (including phenoxy) is 2. The fraction of sp³-hybridized carbons (Fsp3) is 0.480. The van der Waals surface area contributed by atoms with Crippen LogP contribution in [0.5, 0.6) is 11.6 Å². The van der Waals surface area contributed by atoms with E-state index in [9.17, 15) is 4.79 Å². The third-order valence-corrected chi connectivity index (χ3v) is 6.15. The second-order valence-corrected chi connectivity index (χ2v) is 8.48. The lowest BCUT2D eigenvalue weighted by Gasteiger charge is -2.15. The zero-order chi connectivity index (χ0) is 22.5. The Bertz CT molecular complexity index is 1050. The number of rotatable bonds is 10. The highest BCUT2D eigenvalue weighted by molar-refractivity contribution is 5.97. The molecule has 1 aromatic carbocycles. The lowest BCUT2D eigenvalue weighted by Crippen LogP contribution is -2.13. The van der Waals surface area contributed by atoms with E-state index in [4.69, 9.17) is 19.0 Å². The van der Waals surface area contributed by atoms with Crippen LogP contribution in [0.25, 0.3) is 22.2 Å². The first-order valence-corrected chi connectivity index (χ1v) is 11.4. The average Bonchev–Trinajstić information content (AvgIpc) is 3.45. The van der Waals surface area contributed by atoms with Crippen molar-refractivity contribution < 1.29 is 23.8 Å². The smallest absolute Gasteiger partial charge is 0.303 e. The van der Waals surface area contributed by atoms with Gasteiger partial charge in [0.05, 0.1) is 13.2 Å². The number of benzene rings is 1. The summed E-state index contributed by atoms with van der Waals surface area (Å²) < 4.78 is 17.9. The molecule has 1 fully saturated rings. The first kappa shape index (κ1) is 22.1. The number of aliphatic carboxylic acids is 1. The molecule has 7 nitrogen and oxygen atoms in total. The fourth-order valence-corrected chi connectivity index (χ4v) is 4.49. The van der Waals surface area contributed by atoms with Crippen molar-refractivity contribution in [2.75, 3.05) is 7.11 Å². The Kier molecular flexibility index (Phi) is 6.93. The Morgan fingerprint density at radius 2 is 1.94 bits per heavy atom. The van der Waals surface area contributed by atoms with Gasteiger partial charge < -0.3 is 19.0 Å². The molecule has 2 heterocycles. The van der Waals surface area contributed by atoms with E-state index >= 15 is 0 Å². The van der Waals surface area contributed by atoms with E-state index in [1.165, 1.54) is 19.2 Å². The summed E-state index contributed by atoms with van der Waals surface area (Å²) in [4.78, 5) is 19.6. The fourth-order valence-electron chi connectivity index (χ4n) is 4.49. The maximum absolute atomic E-state index is 10.7. The number of methoxy groups -OCH3 is 1. The molecule has 0 bridgehead atoms. The summed E-state index contributed by atoms with van der Waals surface area (Å²) in [5.74, 6) is 1.87. The zero-order valence-electron chi connectivity index (χ0n) is 18.7. The highest BCUT2D eigenvalue weighted by Gasteiger charge is 2.29. The average molecular weight is 439 g/mol. The Balaban J connectivity index is 1.68. The molecule has 32 heavy (non-hydrogen) atoms. The van der Waals surface area contributed by atoms with Crippen molar-refractivity contribution in [3.63, 3.8) is 0 Å². The van der Waals surface area contributed by atoms with Gasteiger partial charge in [-0.2, -0.15) is 0 Å². The van der Waals surface area contributed by atoms with Crippen LogP contribution in [0.15, 0.2) is 35.0 Å². The molecule has 0 spiro atoms. The Morgan fingerprint density at radius 1 is 1.19 bits per heavy atom. The van der Waals surface area contributed by atoms with Crippen LogP contribution < -0.4 is 9.47 Å². The van der Waals surface area contributed by atoms with Crippen LogP contribution in [-0.4, -0.2) is 34.3 Å². The molecule has 0 saturated heterocycles. The molecule has 1 aliphatic carbocycles. The monoisotopic (exact) mass is 438 g/mol. The molecular weight excluding hydrogens is 408 g/mol. The van der Waals surface area contributed by atoms with E-state index in [0.717, 1.165) is 53.7 Å². The number of nitrogens with zero attached hydrogens (tertiary/aromatic N) is 2. The number of hydrogen-bond acceptors (Lipinski definition) is 6. The maximum atomic E-state index is 10.7. The summed E-state index contributed by atoms with van der Waals surface area (Å²) in [5.41, 5.74) is 2.57. The van der Waals surface area contributed by atoms with Crippen LogP contribution in [-0.2, 0) is 4.79 Å². The number of aromatic nitrogens is 2. The molecule has 1 unspecified atom stereocenters. The van der Waals surface area contributed by atoms with Gasteiger partial charge in [-0.1, -0.05) is 25.0 Å². The van der Waals surface area contributed by atoms with Gasteiger partial charge in [-0.25, -0.2) is 9.97 Å². The van der Waals surface area contributed by atoms with Crippen LogP contribution in [0.2, 0.25) is 0 Å². The third kappa shape index (κ3) is 4.87. The first-order chi connectivity index (χ1) is 15.6. The highest BCUT2D eigenvalue weighted by Crippen LogP contribution is 2.46. The molecule has 1 N–H and O–H groups in total. The van der Waals surface area contributed by atoms with Gasteiger partial charge in [0.1, 0.15) is 23.2 Å². The van der Waals surface area contributed by atoms with Crippen molar-refractivity contribution in [3.8, 4) is 22.8 Å². The quantitative estimate of drug-likeness (QED) is 0.390. The molecule has 0 radical (unpaired) electrons. The van der Waals surface area contributed by atoms with Crippen molar-refractivity contribution in [1.29, 1.82) is 0 Å². The van der Waals surface area contributed by atoms with Gasteiger partial charge in [0.15, 0.2) is 0 Å². The number of hydrogen-bond donors (Lipinski definition) is 1. The molecular formula is C25H30N2O5. The van der Waals surface area contributed by atoms with Crippen molar-refractivity contribution in [1.82, 2.24) is 9.97 Å². The minimum atomic E-state index is -0.766. The lowest BCUT2D eigenvalue weighted by atomic mass is 9.95. The SMILES string of the molecule is COc1ccc(-c2c(C3CCCC3)oc3ncnc(OC(C)CCCCC(=O)O)c23)cc1. The van der Waals surface area contributed by atoms with Gasteiger partial charge in [-0.15, -0.1) is 0 Å². The van der Waals surface area contributed by atoms with Gasteiger partial charge in [0.2, 0.25) is 11.6 Å². The van der Waals surface area contributed by atoms with E-state index in [1.54, 1.807) is 7.11 Å². The number of carboxylic acids is 1. The summed E-state index contributed by atoms with van der Waals surface area (Å²) in [6, 6.07) is 7.96. The normalized spacial score (nSPS) is 15.2. The molecule has 170 valence electrons. The number of carboxylic acid groups (broad SMARTS) is 1. The predicted molar refractivity (Wildman–Crippen MR) is 121 cm³/mol. The van der Waals surface area contributed by atoms with E-state index < -0.39 is 5.97 Å². The molecule has 4 rings (SSSR count). The number of unbranched alkanes of at least 4 members (excludes halogenated alkanes) is 1. The van der Waals surface area contributed by atoms with Crippen molar-refractivity contribution in [2.45, 2.75) is 70.3 Å². The summed E-state index contributed by atoms with van der Waals surface area (Å²) in [6.45, 7) is 1.99.